The van der Waals surface area contributed by atoms with E-state index in [1.54, 1.807) is 24.3 Å². The number of rotatable bonds is 7. The summed E-state index contributed by atoms with van der Waals surface area (Å²) < 4.78 is 28.4. The van der Waals surface area contributed by atoms with E-state index >= 15 is 0 Å². The number of hydrogen-bond acceptors (Lipinski definition) is 7. The zero-order chi connectivity index (χ0) is 25.9. The summed E-state index contributed by atoms with van der Waals surface area (Å²) in [6.45, 7) is 1.29. The number of nitrogens with one attached hydrogen (secondary N) is 3. The molecule has 0 radical (unpaired) electrons. The highest BCUT2D eigenvalue weighted by Crippen LogP contribution is 2.24. The summed E-state index contributed by atoms with van der Waals surface area (Å²) in [4.78, 5) is 39.3. The molecule has 11 nitrogen and oxygen atoms in total. The maximum atomic E-state index is 12.8. The van der Waals surface area contributed by atoms with Crippen LogP contribution in [0, 0.1) is 0 Å². The Morgan fingerprint density at radius 1 is 1.11 bits per heavy atom. The van der Waals surface area contributed by atoms with E-state index in [0.29, 0.717) is 35.3 Å². The van der Waals surface area contributed by atoms with E-state index in [4.69, 9.17) is 9.56 Å². The highest BCUT2D eigenvalue weighted by molar-refractivity contribution is 7.89. The first kappa shape index (κ1) is 25.4. The summed E-state index contributed by atoms with van der Waals surface area (Å²) in [6, 6.07) is 12.0. The first-order chi connectivity index (χ1) is 17.1. The van der Waals surface area contributed by atoms with Gasteiger partial charge in [-0.3, -0.25) is 19.3 Å². The number of sulfonamides is 1. The lowest BCUT2D eigenvalue weighted by atomic mass is 10.1. The van der Waals surface area contributed by atoms with Crippen LogP contribution in [0.3, 0.4) is 0 Å². The number of likely N-dealkylation sites (tertiary alicyclic amines) is 1. The van der Waals surface area contributed by atoms with Crippen molar-refractivity contribution in [2.24, 2.45) is 5.14 Å². The second-order valence-electron chi connectivity index (χ2n) is 8.57. The number of benzene rings is 2. The molecule has 1 aromatic heterocycles. The molecule has 0 spiro atoms. The molecule has 5 N–H and O–H groups in total. The largest absolute Gasteiger partial charge is 0.451 e. The highest BCUT2D eigenvalue weighted by Gasteiger charge is 2.25. The van der Waals surface area contributed by atoms with Gasteiger partial charge in [-0.15, -0.1) is 0 Å². The topological polar surface area (TPSA) is 164 Å². The predicted molar refractivity (Wildman–Crippen MR) is 133 cm³/mol. The first-order valence-corrected chi connectivity index (χ1v) is 12.9. The van der Waals surface area contributed by atoms with E-state index in [2.05, 4.69) is 16.0 Å². The Morgan fingerprint density at radius 3 is 2.56 bits per heavy atom. The van der Waals surface area contributed by atoms with Crippen LogP contribution in [-0.2, 0) is 14.8 Å². The molecule has 3 aromatic rings. The molecule has 1 aliphatic rings. The minimum atomic E-state index is -3.80. The predicted octanol–water partition coefficient (Wildman–Crippen LogP) is 1.27. The van der Waals surface area contributed by atoms with Gasteiger partial charge >= 0.3 is 0 Å². The van der Waals surface area contributed by atoms with Gasteiger partial charge in [0.1, 0.15) is 5.58 Å². The van der Waals surface area contributed by atoms with Gasteiger partial charge in [-0.05, 0) is 61.9 Å². The van der Waals surface area contributed by atoms with Crippen LogP contribution >= 0.6 is 0 Å². The molecule has 4 rings (SSSR count). The Balaban J connectivity index is 1.34. The van der Waals surface area contributed by atoms with Crippen molar-refractivity contribution in [1.82, 2.24) is 15.5 Å². The van der Waals surface area contributed by atoms with Crippen molar-refractivity contribution in [3.8, 4) is 0 Å². The Labute approximate surface area is 208 Å². The third kappa shape index (κ3) is 5.90. The maximum Gasteiger partial charge on any atom is 0.287 e. The normalized spacial score (nSPS) is 16.4. The van der Waals surface area contributed by atoms with Crippen LogP contribution in [0.5, 0.6) is 0 Å². The van der Waals surface area contributed by atoms with Crippen molar-refractivity contribution in [1.29, 1.82) is 0 Å². The molecule has 1 aliphatic heterocycles. The number of nitrogens with two attached hydrogens (primary N) is 1. The number of carbonyl (C=O) groups excluding carboxylic acids is 3. The minimum Gasteiger partial charge on any atom is -0.451 e. The molecule has 0 bridgehead atoms. The third-order valence-electron chi connectivity index (χ3n) is 5.93. The SMILES string of the molecule is CNC(=O)c1cccc2oc(C(=O)NC3CCCN(CC(=O)Nc4ccc(S(N)(=O)=O)cc4)C3)cc12. The summed E-state index contributed by atoms with van der Waals surface area (Å²) in [5, 5.41) is 13.9. The molecule has 3 amide bonds. The summed E-state index contributed by atoms with van der Waals surface area (Å²) in [6.07, 6.45) is 1.55. The van der Waals surface area contributed by atoms with E-state index < -0.39 is 10.0 Å². The van der Waals surface area contributed by atoms with Gasteiger partial charge in [-0.25, -0.2) is 13.6 Å². The first-order valence-electron chi connectivity index (χ1n) is 11.3. The monoisotopic (exact) mass is 513 g/mol. The van der Waals surface area contributed by atoms with Gasteiger partial charge in [0.2, 0.25) is 15.9 Å². The maximum absolute atomic E-state index is 12.8. The fourth-order valence-electron chi connectivity index (χ4n) is 4.21. The molecular weight excluding hydrogens is 486 g/mol. The van der Waals surface area contributed by atoms with Crippen LogP contribution in [0.15, 0.2) is 57.8 Å². The van der Waals surface area contributed by atoms with E-state index in [0.717, 1.165) is 12.8 Å². The van der Waals surface area contributed by atoms with Gasteiger partial charge < -0.3 is 20.4 Å². The fourth-order valence-corrected chi connectivity index (χ4v) is 4.73. The number of hydrogen-bond donors (Lipinski definition) is 4. The number of nitrogens with zero attached hydrogens (tertiary/aromatic N) is 1. The zero-order valence-corrected chi connectivity index (χ0v) is 20.4. The second-order valence-corrected chi connectivity index (χ2v) is 10.1. The summed E-state index contributed by atoms with van der Waals surface area (Å²) >= 11 is 0. The van der Waals surface area contributed by atoms with Crippen molar-refractivity contribution in [2.75, 3.05) is 32.0 Å². The van der Waals surface area contributed by atoms with E-state index in [9.17, 15) is 22.8 Å². The van der Waals surface area contributed by atoms with Gasteiger partial charge in [0.15, 0.2) is 5.76 Å². The molecule has 0 saturated carbocycles. The van der Waals surface area contributed by atoms with Crippen molar-refractivity contribution in [3.05, 3.63) is 59.9 Å². The molecule has 1 unspecified atom stereocenters. The van der Waals surface area contributed by atoms with Gasteiger partial charge in [0.25, 0.3) is 11.8 Å². The van der Waals surface area contributed by atoms with Crippen LogP contribution in [0.25, 0.3) is 11.0 Å². The Hall–Kier alpha value is -3.74. The van der Waals surface area contributed by atoms with Crippen LogP contribution in [-0.4, -0.2) is 63.8 Å². The van der Waals surface area contributed by atoms with Crippen LogP contribution in [0.1, 0.15) is 33.8 Å². The average molecular weight is 514 g/mol. The number of carbonyl (C=O) groups is 3. The van der Waals surface area contributed by atoms with Crippen LogP contribution < -0.4 is 21.1 Å². The summed E-state index contributed by atoms with van der Waals surface area (Å²) in [7, 11) is -2.27. The zero-order valence-electron chi connectivity index (χ0n) is 19.6. The van der Waals surface area contributed by atoms with Crippen LogP contribution in [0.4, 0.5) is 5.69 Å². The smallest absolute Gasteiger partial charge is 0.287 e. The number of piperidine rings is 1. The lowest BCUT2D eigenvalue weighted by molar-refractivity contribution is -0.117. The van der Waals surface area contributed by atoms with Crippen molar-refractivity contribution >= 4 is 44.4 Å². The van der Waals surface area contributed by atoms with E-state index in [1.807, 2.05) is 4.90 Å². The van der Waals surface area contributed by atoms with Gasteiger partial charge in [-0.2, -0.15) is 0 Å². The number of anilines is 1. The molecule has 1 fully saturated rings. The molecule has 1 atom stereocenters. The molecular formula is C24H27N5O6S. The molecule has 36 heavy (non-hydrogen) atoms. The second kappa shape index (κ2) is 10.5. The lowest BCUT2D eigenvalue weighted by Crippen LogP contribution is -2.49. The van der Waals surface area contributed by atoms with E-state index in [1.165, 1.54) is 31.3 Å². The van der Waals surface area contributed by atoms with Crippen LogP contribution in [0.2, 0.25) is 0 Å². The average Bonchev–Trinajstić information content (AvgIpc) is 3.28. The van der Waals surface area contributed by atoms with Gasteiger partial charge in [0, 0.05) is 30.7 Å². The quantitative estimate of drug-likeness (QED) is 0.369. The molecule has 190 valence electrons. The highest BCUT2D eigenvalue weighted by atomic mass is 32.2. The van der Waals surface area contributed by atoms with Crippen molar-refractivity contribution in [2.45, 2.75) is 23.8 Å². The Bertz CT molecular complexity index is 1400. The minimum absolute atomic E-state index is 0.0376. The molecule has 0 aliphatic carbocycles. The number of furan rings is 1. The van der Waals surface area contributed by atoms with Gasteiger partial charge in [-0.1, -0.05) is 6.07 Å². The number of amides is 3. The number of fused-ring (bicyclic) bond motifs is 1. The Morgan fingerprint density at radius 2 is 1.86 bits per heavy atom. The lowest BCUT2D eigenvalue weighted by Gasteiger charge is -2.32. The van der Waals surface area contributed by atoms with Gasteiger partial charge in [0.05, 0.1) is 17.0 Å². The molecule has 2 heterocycles. The standard InChI is InChI=1S/C24H27N5O6S/c1-26-23(31)18-5-2-6-20-19(18)12-21(35-20)24(32)28-16-4-3-11-29(13-16)14-22(30)27-15-7-9-17(10-8-15)36(25,33)34/h2,5-10,12,16H,3-4,11,13-14H2,1H3,(H,26,31)(H,27,30)(H,28,32)(H2,25,33,34). The van der Waals surface area contributed by atoms with E-state index in [-0.39, 0.29) is 41.0 Å². The molecule has 2 aromatic carbocycles. The summed E-state index contributed by atoms with van der Waals surface area (Å²) in [5.74, 6) is -0.807. The van der Waals surface area contributed by atoms with Crippen molar-refractivity contribution < 1.29 is 27.2 Å². The van der Waals surface area contributed by atoms with Crippen molar-refractivity contribution in [3.63, 3.8) is 0 Å². The fraction of sp³-hybridized carbons (Fsp3) is 0.292. The Kier molecular flexibility index (Phi) is 7.38. The molecule has 12 heteroatoms. The number of primary sulfonamides is 1. The summed E-state index contributed by atoms with van der Waals surface area (Å²) in [5.41, 5.74) is 1.32. The molecule has 1 saturated heterocycles. The third-order valence-corrected chi connectivity index (χ3v) is 6.86.